The highest BCUT2D eigenvalue weighted by atomic mass is 79.9. The molecule has 2 N–H and O–H groups in total. The minimum atomic E-state index is -0.157. The lowest BCUT2D eigenvalue weighted by molar-refractivity contribution is 0.102. The van der Waals surface area contributed by atoms with Gasteiger partial charge in [0.2, 0.25) is 0 Å². The zero-order valence-electron chi connectivity index (χ0n) is 14.0. The minimum Gasteiger partial charge on any atom is -0.349 e. The molecule has 6 nitrogen and oxygen atoms in total. The van der Waals surface area contributed by atoms with Crippen molar-refractivity contribution in [1.82, 2.24) is 14.9 Å². The van der Waals surface area contributed by atoms with Gasteiger partial charge in [0.25, 0.3) is 5.91 Å². The molecule has 8 heteroatoms. The van der Waals surface area contributed by atoms with Crippen molar-refractivity contribution in [3.8, 4) is 0 Å². The number of aromatic nitrogens is 2. The molecule has 3 aliphatic rings. The summed E-state index contributed by atoms with van der Waals surface area (Å²) in [5.41, 5.74) is 2.24. The van der Waals surface area contributed by atoms with Crippen molar-refractivity contribution in [1.29, 1.82) is 0 Å². The van der Waals surface area contributed by atoms with Gasteiger partial charge in [-0.05, 0) is 64.5 Å². The van der Waals surface area contributed by atoms with Crippen LogP contribution < -0.4 is 15.5 Å². The van der Waals surface area contributed by atoms with E-state index in [1.807, 2.05) is 29.6 Å². The first kappa shape index (κ1) is 16.3. The second-order valence-electron chi connectivity index (χ2n) is 6.80. The van der Waals surface area contributed by atoms with Crippen LogP contribution in [0, 0.1) is 0 Å². The normalized spacial score (nSPS) is 22.1. The predicted octanol–water partition coefficient (Wildman–Crippen LogP) is 3.35. The summed E-state index contributed by atoms with van der Waals surface area (Å²) in [4.78, 5) is 15.1. The Kier molecular flexibility index (Phi) is 3.99. The fraction of sp³-hybridized carbons (Fsp3) is 0.333. The topological polar surface area (TPSA) is 61.7 Å². The summed E-state index contributed by atoms with van der Waals surface area (Å²) >= 11 is 5.00. The molecule has 3 aliphatic heterocycles. The third-order valence-corrected chi connectivity index (χ3v) is 6.92. The average molecular weight is 432 g/mol. The molecule has 3 fully saturated rings. The minimum absolute atomic E-state index is 0.157. The van der Waals surface area contributed by atoms with E-state index in [2.05, 4.69) is 37.5 Å². The number of piperazine rings is 1. The molecule has 134 valence electrons. The van der Waals surface area contributed by atoms with Gasteiger partial charge in [0.15, 0.2) is 0 Å². The number of thiophene rings is 1. The smallest absolute Gasteiger partial charge is 0.274 e. The van der Waals surface area contributed by atoms with Crippen LogP contribution in [0.3, 0.4) is 0 Å². The van der Waals surface area contributed by atoms with Gasteiger partial charge in [0.05, 0.1) is 15.0 Å². The summed E-state index contributed by atoms with van der Waals surface area (Å²) in [5.74, 6) is 0.784. The van der Waals surface area contributed by atoms with Crippen molar-refractivity contribution in [2.75, 3.05) is 23.3 Å². The summed E-state index contributed by atoms with van der Waals surface area (Å²) in [6.45, 7) is 1.99. The number of nitrogens with one attached hydrogen (secondary N) is 2. The fourth-order valence-corrected chi connectivity index (χ4v) is 4.99. The number of fused-ring (bicyclic) bond motifs is 4. The Bertz CT molecular complexity index is 975. The third-order valence-electron chi connectivity index (χ3n) is 5.23. The average Bonchev–Trinajstić information content (AvgIpc) is 3.28. The largest absolute Gasteiger partial charge is 0.349 e. The molecule has 0 aromatic carbocycles. The van der Waals surface area contributed by atoms with Crippen molar-refractivity contribution >= 4 is 50.2 Å². The first-order valence-corrected chi connectivity index (χ1v) is 10.4. The maximum Gasteiger partial charge on any atom is 0.274 e. The van der Waals surface area contributed by atoms with E-state index in [0.717, 1.165) is 33.9 Å². The van der Waals surface area contributed by atoms with Crippen LogP contribution in [0.1, 0.15) is 23.3 Å². The number of hydrogen-bond acceptors (Lipinski definition) is 5. The first-order valence-electron chi connectivity index (χ1n) is 8.72. The molecule has 6 heterocycles. The van der Waals surface area contributed by atoms with Crippen molar-refractivity contribution in [2.45, 2.75) is 24.9 Å². The SMILES string of the molecule is O=C(Nc1ccsc1Br)c1ccc2ccc(N3CC4CCC3CN4)nn12. The number of carbonyl (C=O) groups is 1. The lowest BCUT2D eigenvalue weighted by Gasteiger charge is -2.46. The molecular formula is C18H18BrN5OS. The maximum absolute atomic E-state index is 12.7. The fourth-order valence-electron chi connectivity index (χ4n) is 3.86. The number of amides is 1. The summed E-state index contributed by atoms with van der Waals surface area (Å²) in [5, 5.41) is 13.2. The summed E-state index contributed by atoms with van der Waals surface area (Å²) in [7, 11) is 0. The molecule has 2 bridgehead atoms. The molecule has 6 rings (SSSR count). The van der Waals surface area contributed by atoms with Gasteiger partial charge in [-0.1, -0.05) is 0 Å². The molecule has 3 aromatic rings. The van der Waals surface area contributed by atoms with Gasteiger partial charge >= 0.3 is 0 Å². The molecule has 0 aliphatic carbocycles. The highest BCUT2D eigenvalue weighted by Gasteiger charge is 2.34. The van der Waals surface area contributed by atoms with Crippen LogP contribution in [0.15, 0.2) is 39.5 Å². The number of rotatable bonds is 3. The van der Waals surface area contributed by atoms with Gasteiger partial charge < -0.3 is 15.5 Å². The van der Waals surface area contributed by atoms with Gasteiger partial charge in [-0.3, -0.25) is 4.79 Å². The van der Waals surface area contributed by atoms with Crippen LogP contribution in [-0.2, 0) is 0 Å². The molecule has 2 atom stereocenters. The Hall–Kier alpha value is -1.90. The van der Waals surface area contributed by atoms with Crippen molar-refractivity contribution in [3.05, 3.63) is 45.2 Å². The Balaban J connectivity index is 1.47. The van der Waals surface area contributed by atoms with E-state index in [1.165, 1.54) is 12.8 Å². The Morgan fingerprint density at radius 2 is 2.15 bits per heavy atom. The molecule has 1 amide bonds. The second-order valence-corrected chi connectivity index (χ2v) is 9.03. The van der Waals surface area contributed by atoms with E-state index in [1.54, 1.807) is 15.9 Å². The quantitative estimate of drug-likeness (QED) is 0.667. The standard InChI is InChI=1S/C18H18BrN5OS/c19-17-14(7-8-26-17)21-18(25)15-5-3-12-4-6-16(22-24(12)15)23-10-11-1-2-13(23)9-20-11/h3-8,11,13,20H,1-2,9-10H2,(H,21,25). The van der Waals surface area contributed by atoms with E-state index in [-0.39, 0.29) is 5.91 Å². The zero-order chi connectivity index (χ0) is 17.7. The van der Waals surface area contributed by atoms with Gasteiger partial charge in [0.1, 0.15) is 11.5 Å². The summed E-state index contributed by atoms with van der Waals surface area (Å²) < 4.78 is 2.66. The molecular weight excluding hydrogens is 414 g/mol. The Morgan fingerprint density at radius 1 is 1.27 bits per heavy atom. The van der Waals surface area contributed by atoms with E-state index in [9.17, 15) is 4.79 Å². The molecule has 3 saturated heterocycles. The number of carbonyl (C=O) groups excluding carboxylic acids is 1. The summed E-state index contributed by atoms with van der Waals surface area (Å²) in [6.07, 6.45) is 2.43. The lowest BCUT2D eigenvalue weighted by Crippen LogP contribution is -2.61. The Labute approximate surface area is 163 Å². The monoisotopic (exact) mass is 431 g/mol. The predicted molar refractivity (Wildman–Crippen MR) is 107 cm³/mol. The van der Waals surface area contributed by atoms with Crippen LogP contribution in [0.25, 0.3) is 5.52 Å². The van der Waals surface area contributed by atoms with E-state index >= 15 is 0 Å². The first-order chi connectivity index (χ1) is 12.7. The molecule has 0 radical (unpaired) electrons. The number of piperidine rings is 2. The Morgan fingerprint density at radius 3 is 2.85 bits per heavy atom. The van der Waals surface area contributed by atoms with Crippen LogP contribution >= 0.6 is 27.3 Å². The van der Waals surface area contributed by atoms with Crippen LogP contribution in [-0.4, -0.2) is 40.7 Å². The number of nitrogens with zero attached hydrogens (tertiary/aromatic N) is 3. The number of hydrogen-bond donors (Lipinski definition) is 2. The van der Waals surface area contributed by atoms with Crippen LogP contribution in [0.5, 0.6) is 0 Å². The maximum atomic E-state index is 12.7. The molecule has 2 unspecified atom stereocenters. The van der Waals surface area contributed by atoms with Crippen LogP contribution in [0.4, 0.5) is 11.5 Å². The highest BCUT2D eigenvalue weighted by Crippen LogP contribution is 2.29. The van der Waals surface area contributed by atoms with Gasteiger partial charge in [0, 0.05) is 25.2 Å². The van der Waals surface area contributed by atoms with E-state index in [0.29, 0.717) is 17.8 Å². The molecule has 0 spiro atoms. The van der Waals surface area contributed by atoms with Crippen molar-refractivity contribution in [2.24, 2.45) is 0 Å². The lowest BCUT2D eigenvalue weighted by atomic mass is 9.93. The number of halogens is 1. The van der Waals surface area contributed by atoms with Gasteiger partial charge in [-0.15, -0.1) is 16.4 Å². The number of anilines is 2. The van der Waals surface area contributed by atoms with E-state index in [4.69, 9.17) is 5.10 Å². The van der Waals surface area contributed by atoms with Crippen molar-refractivity contribution < 1.29 is 4.79 Å². The summed E-state index contributed by atoms with van der Waals surface area (Å²) in [6, 6.07) is 10.8. The molecule has 0 saturated carbocycles. The molecule has 26 heavy (non-hydrogen) atoms. The van der Waals surface area contributed by atoms with Crippen LogP contribution in [0.2, 0.25) is 0 Å². The van der Waals surface area contributed by atoms with Gasteiger partial charge in [-0.25, -0.2) is 4.52 Å². The van der Waals surface area contributed by atoms with Gasteiger partial charge in [-0.2, -0.15) is 0 Å². The second kappa shape index (κ2) is 6.37. The highest BCUT2D eigenvalue weighted by molar-refractivity contribution is 9.11. The third kappa shape index (κ3) is 2.72. The van der Waals surface area contributed by atoms with Crippen molar-refractivity contribution in [3.63, 3.8) is 0 Å². The van der Waals surface area contributed by atoms with E-state index < -0.39 is 0 Å². The zero-order valence-corrected chi connectivity index (χ0v) is 16.4. The molecule has 3 aromatic heterocycles.